The van der Waals surface area contributed by atoms with Gasteiger partial charge in [0.15, 0.2) is 0 Å². The van der Waals surface area contributed by atoms with Crippen LogP contribution in [0.5, 0.6) is 5.75 Å². The Morgan fingerprint density at radius 1 is 1.14 bits per heavy atom. The first-order valence-electron chi connectivity index (χ1n) is 10.2. The molecule has 1 N–H and O–H groups in total. The number of hydrogen-bond donors (Lipinski definition) is 1. The second-order valence-corrected chi connectivity index (χ2v) is 7.83. The highest BCUT2D eigenvalue weighted by molar-refractivity contribution is 5.87. The van der Waals surface area contributed by atoms with Crippen LogP contribution in [0.4, 0.5) is 0 Å². The number of rotatable bonds is 4. The molecule has 6 nitrogen and oxygen atoms in total. The van der Waals surface area contributed by atoms with Crippen molar-refractivity contribution >= 4 is 22.7 Å². The average molecular weight is 381 g/mol. The van der Waals surface area contributed by atoms with E-state index in [9.17, 15) is 9.59 Å². The number of carbonyl (C=O) groups is 2. The van der Waals surface area contributed by atoms with Crippen LogP contribution in [0.1, 0.15) is 45.4 Å². The Hall–Kier alpha value is -2.63. The Kier molecular flexibility index (Phi) is 5.46. The molecule has 1 atom stereocenters. The molecule has 28 heavy (non-hydrogen) atoms. The molecule has 2 fully saturated rings. The molecule has 1 saturated carbocycles. The molecule has 0 bridgehead atoms. The molecule has 2 heterocycles. The van der Waals surface area contributed by atoms with Gasteiger partial charge in [0.05, 0.1) is 11.6 Å². The predicted octanol–water partition coefficient (Wildman–Crippen LogP) is 3.05. The van der Waals surface area contributed by atoms with Crippen LogP contribution in [0.15, 0.2) is 36.5 Å². The van der Waals surface area contributed by atoms with Crippen molar-refractivity contribution in [3.63, 3.8) is 0 Å². The Bertz CT molecular complexity index is 861. The largest absolute Gasteiger partial charge is 0.490 e. The first-order valence-corrected chi connectivity index (χ1v) is 10.2. The third kappa shape index (κ3) is 4.11. The second-order valence-electron chi connectivity index (χ2n) is 7.83. The Balaban J connectivity index is 1.28. The average Bonchev–Trinajstić information content (AvgIpc) is 3.20. The SMILES string of the molecule is CC(=O)N1CCC[C@H]1C(=O)NC1CCC(Oc2ccc3ncccc3c2)CC1. The number of fused-ring (bicyclic) bond motifs is 1. The predicted molar refractivity (Wildman–Crippen MR) is 107 cm³/mol. The molecule has 1 saturated heterocycles. The molecule has 2 amide bonds. The highest BCUT2D eigenvalue weighted by atomic mass is 16.5. The Morgan fingerprint density at radius 2 is 1.96 bits per heavy atom. The smallest absolute Gasteiger partial charge is 0.243 e. The van der Waals surface area contributed by atoms with Crippen LogP contribution in [0, 0.1) is 0 Å². The van der Waals surface area contributed by atoms with E-state index in [0.717, 1.165) is 55.2 Å². The summed E-state index contributed by atoms with van der Waals surface area (Å²) in [6.45, 7) is 2.23. The summed E-state index contributed by atoms with van der Waals surface area (Å²) in [5, 5.41) is 4.23. The zero-order chi connectivity index (χ0) is 19.5. The van der Waals surface area contributed by atoms with Gasteiger partial charge < -0.3 is 15.0 Å². The number of benzene rings is 1. The van der Waals surface area contributed by atoms with Gasteiger partial charge in [-0.15, -0.1) is 0 Å². The zero-order valence-corrected chi connectivity index (χ0v) is 16.3. The lowest BCUT2D eigenvalue weighted by Gasteiger charge is -2.31. The van der Waals surface area contributed by atoms with Crippen molar-refractivity contribution in [3.05, 3.63) is 36.5 Å². The zero-order valence-electron chi connectivity index (χ0n) is 16.3. The molecule has 1 aromatic heterocycles. The highest BCUT2D eigenvalue weighted by Gasteiger charge is 2.34. The van der Waals surface area contributed by atoms with Crippen molar-refractivity contribution in [3.8, 4) is 5.75 Å². The van der Waals surface area contributed by atoms with Gasteiger partial charge in [0, 0.05) is 31.1 Å². The van der Waals surface area contributed by atoms with E-state index in [-0.39, 0.29) is 30.0 Å². The minimum absolute atomic E-state index is 0.000836. The maximum atomic E-state index is 12.6. The van der Waals surface area contributed by atoms with Gasteiger partial charge in [-0.25, -0.2) is 0 Å². The van der Waals surface area contributed by atoms with E-state index >= 15 is 0 Å². The maximum Gasteiger partial charge on any atom is 0.243 e. The van der Waals surface area contributed by atoms with Crippen LogP contribution >= 0.6 is 0 Å². The molecule has 1 aromatic carbocycles. The van der Waals surface area contributed by atoms with Crippen molar-refractivity contribution in [2.24, 2.45) is 0 Å². The van der Waals surface area contributed by atoms with E-state index < -0.39 is 0 Å². The van der Waals surface area contributed by atoms with Crippen molar-refractivity contribution in [1.82, 2.24) is 15.2 Å². The van der Waals surface area contributed by atoms with E-state index in [4.69, 9.17) is 4.74 Å². The van der Waals surface area contributed by atoms with Crippen molar-refractivity contribution in [2.75, 3.05) is 6.54 Å². The fourth-order valence-corrected chi connectivity index (χ4v) is 4.36. The second kappa shape index (κ2) is 8.17. The van der Waals surface area contributed by atoms with Crippen LogP contribution in [0.3, 0.4) is 0 Å². The number of carbonyl (C=O) groups excluding carboxylic acids is 2. The van der Waals surface area contributed by atoms with Gasteiger partial charge in [-0.05, 0) is 62.8 Å². The van der Waals surface area contributed by atoms with E-state index in [1.54, 1.807) is 11.1 Å². The topological polar surface area (TPSA) is 71.5 Å². The van der Waals surface area contributed by atoms with Crippen LogP contribution in [0.2, 0.25) is 0 Å². The monoisotopic (exact) mass is 381 g/mol. The molecule has 1 aliphatic carbocycles. The summed E-state index contributed by atoms with van der Waals surface area (Å²) in [5.74, 6) is 0.857. The molecule has 0 radical (unpaired) electrons. The number of nitrogens with zero attached hydrogens (tertiary/aromatic N) is 2. The summed E-state index contributed by atoms with van der Waals surface area (Å²) in [6.07, 6.45) is 7.26. The fraction of sp³-hybridized carbons (Fsp3) is 0.500. The number of ether oxygens (including phenoxy) is 1. The molecular weight excluding hydrogens is 354 g/mol. The van der Waals surface area contributed by atoms with Gasteiger partial charge in [0.1, 0.15) is 11.8 Å². The molecule has 2 aliphatic rings. The van der Waals surface area contributed by atoms with E-state index in [1.165, 1.54) is 6.92 Å². The lowest BCUT2D eigenvalue weighted by Crippen LogP contribution is -2.49. The lowest BCUT2D eigenvalue weighted by molar-refractivity contribution is -0.137. The number of pyridine rings is 1. The summed E-state index contributed by atoms with van der Waals surface area (Å²) in [5.41, 5.74) is 0.966. The van der Waals surface area contributed by atoms with Gasteiger partial charge in [-0.2, -0.15) is 0 Å². The number of nitrogens with one attached hydrogen (secondary N) is 1. The lowest BCUT2D eigenvalue weighted by atomic mass is 9.92. The summed E-state index contributed by atoms with van der Waals surface area (Å²) < 4.78 is 6.17. The van der Waals surface area contributed by atoms with Crippen molar-refractivity contribution in [1.29, 1.82) is 0 Å². The van der Waals surface area contributed by atoms with E-state index in [1.807, 2.05) is 30.3 Å². The van der Waals surface area contributed by atoms with Gasteiger partial charge in [-0.3, -0.25) is 14.6 Å². The highest BCUT2D eigenvalue weighted by Crippen LogP contribution is 2.26. The van der Waals surface area contributed by atoms with E-state index in [0.29, 0.717) is 6.54 Å². The van der Waals surface area contributed by atoms with Gasteiger partial charge >= 0.3 is 0 Å². The minimum atomic E-state index is -0.294. The number of hydrogen-bond acceptors (Lipinski definition) is 4. The molecule has 0 spiro atoms. The maximum absolute atomic E-state index is 12.6. The molecule has 1 aliphatic heterocycles. The molecule has 4 rings (SSSR count). The Labute approximate surface area is 165 Å². The van der Waals surface area contributed by atoms with Crippen LogP contribution in [-0.2, 0) is 9.59 Å². The summed E-state index contributed by atoms with van der Waals surface area (Å²) >= 11 is 0. The summed E-state index contributed by atoms with van der Waals surface area (Å²) in [6, 6.07) is 9.83. The quantitative estimate of drug-likeness (QED) is 0.884. The number of amides is 2. The summed E-state index contributed by atoms with van der Waals surface area (Å²) in [4.78, 5) is 30.3. The molecular formula is C22H27N3O3. The minimum Gasteiger partial charge on any atom is -0.490 e. The molecule has 2 aromatic rings. The standard InChI is InChI=1S/C22H27N3O3/c1-15(26)25-13-3-5-21(25)22(27)24-17-6-8-18(9-7-17)28-19-10-11-20-16(14-19)4-2-12-23-20/h2,4,10-12,14,17-18,21H,3,5-9,13H2,1H3,(H,24,27)/t17?,18?,21-/m0/s1. The first-order chi connectivity index (χ1) is 13.6. The third-order valence-electron chi connectivity index (χ3n) is 5.86. The number of aromatic nitrogens is 1. The van der Waals surface area contributed by atoms with Crippen LogP contribution in [-0.4, -0.2) is 46.4 Å². The van der Waals surface area contributed by atoms with Crippen molar-refractivity contribution in [2.45, 2.75) is 63.6 Å². The molecule has 0 unspecified atom stereocenters. The normalized spacial score (nSPS) is 24.9. The van der Waals surface area contributed by atoms with Crippen molar-refractivity contribution < 1.29 is 14.3 Å². The molecule has 148 valence electrons. The fourth-order valence-electron chi connectivity index (χ4n) is 4.36. The number of likely N-dealkylation sites (tertiary alicyclic amines) is 1. The first kappa shape index (κ1) is 18.7. The summed E-state index contributed by atoms with van der Waals surface area (Å²) in [7, 11) is 0. The third-order valence-corrected chi connectivity index (χ3v) is 5.86. The van der Waals surface area contributed by atoms with Crippen LogP contribution in [0.25, 0.3) is 10.9 Å². The van der Waals surface area contributed by atoms with Gasteiger partial charge in [0.25, 0.3) is 0 Å². The Morgan fingerprint density at radius 3 is 2.75 bits per heavy atom. The van der Waals surface area contributed by atoms with Gasteiger partial charge in [0.2, 0.25) is 11.8 Å². The molecule has 6 heteroatoms. The van der Waals surface area contributed by atoms with E-state index in [2.05, 4.69) is 10.3 Å². The van der Waals surface area contributed by atoms with Gasteiger partial charge in [-0.1, -0.05) is 6.07 Å². The van der Waals surface area contributed by atoms with Crippen LogP contribution < -0.4 is 10.1 Å².